The molecule has 90 valence electrons. The van der Waals surface area contributed by atoms with Crippen molar-refractivity contribution in [2.45, 2.75) is 25.6 Å². The van der Waals surface area contributed by atoms with Crippen LogP contribution in [0.2, 0.25) is 0 Å². The van der Waals surface area contributed by atoms with Crippen molar-refractivity contribution in [3.05, 3.63) is 11.9 Å². The zero-order valence-corrected chi connectivity index (χ0v) is 9.67. The Labute approximate surface area is 95.4 Å². The molecule has 1 aliphatic heterocycles. The van der Waals surface area contributed by atoms with Crippen molar-refractivity contribution in [3.63, 3.8) is 0 Å². The van der Waals surface area contributed by atoms with Crippen molar-refractivity contribution in [2.24, 2.45) is 5.73 Å². The van der Waals surface area contributed by atoms with Crippen LogP contribution in [0.25, 0.3) is 0 Å². The maximum atomic E-state index is 5.45. The van der Waals surface area contributed by atoms with Gasteiger partial charge in [-0.25, -0.2) is 0 Å². The molecule has 2 N–H and O–H groups in total. The molecule has 6 nitrogen and oxygen atoms in total. The third-order valence-electron chi connectivity index (χ3n) is 2.89. The Morgan fingerprint density at radius 2 is 2.50 bits per heavy atom. The largest absolute Gasteiger partial charge is 0.380 e. The zero-order valence-electron chi connectivity index (χ0n) is 9.67. The van der Waals surface area contributed by atoms with Crippen LogP contribution in [0.15, 0.2) is 6.20 Å². The molecule has 6 heteroatoms. The molecule has 2 rings (SSSR count). The van der Waals surface area contributed by atoms with E-state index in [-0.39, 0.29) is 0 Å². The van der Waals surface area contributed by atoms with Crippen molar-refractivity contribution in [1.29, 1.82) is 0 Å². The summed E-state index contributed by atoms with van der Waals surface area (Å²) in [6.45, 7) is 4.24. The number of rotatable bonds is 5. The van der Waals surface area contributed by atoms with Crippen LogP contribution < -0.4 is 5.73 Å². The highest BCUT2D eigenvalue weighted by Crippen LogP contribution is 2.13. The highest BCUT2D eigenvalue weighted by molar-refractivity contribution is 4.93. The summed E-state index contributed by atoms with van der Waals surface area (Å²) < 4.78 is 7.11. The van der Waals surface area contributed by atoms with Gasteiger partial charge in [0.05, 0.1) is 18.3 Å². The number of hydrogen-bond acceptors (Lipinski definition) is 5. The third kappa shape index (κ3) is 2.78. The van der Waals surface area contributed by atoms with Crippen LogP contribution in [-0.4, -0.2) is 52.7 Å². The zero-order chi connectivity index (χ0) is 11.4. The predicted molar refractivity (Wildman–Crippen MR) is 59.8 cm³/mol. The fraction of sp³-hybridized carbons (Fsp3) is 0.800. The first kappa shape index (κ1) is 11.5. The molecule has 0 bridgehead atoms. The second-order valence-corrected chi connectivity index (χ2v) is 4.14. The number of ether oxygens (including phenoxy) is 1. The normalized spacial score (nSPS) is 21.8. The van der Waals surface area contributed by atoms with Crippen LogP contribution in [0.5, 0.6) is 0 Å². The Bertz CT molecular complexity index is 327. The summed E-state index contributed by atoms with van der Waals surface area (Å²) in [4.78, 5) is 2.34. The first-order valence-corrected chi connectivity index (χ1v) is 5.66. The first-order chi connectivity index (χ1) is 7.81. The lowest BCUT2D eigenvalue weighted by atomic mass is 10.3. The van der Waals surface area contributed by atoms with Crippen LogP contribution in [0.4, 0.5) is 0 Å². The standard InChI is InChI=1S/C10H19N5O/c1-16-10-2-4-14(8-10)6-9-7-15(5-3-11)13-12-9/h7,10H,2-6,8,11H2,1H3. The summed E-state index contributed by atoms with van der Waals surface area (Å²) in [5.74, 6) is 0. The van der Waals surface area contributed by atoms with Crippen LogP contribution in [0.1, 0.15) is 12.1 Å². The van der Waals surface area contributed by atoms with Gasteiger partial charge < -0.3 is 10.5 Å². The molecule has 1 aromatic heterocycles. The quantitative estimate of drug-likeness (QED) is 0.728. The van der Waals surface area contributed by atoms with Crippen LogP contribution in [0.3, 0.4) is 0 Å². The number of aromatic nitrogens is 3. The Balaban J connectivity index is 1.84. The van der Waals surface area contributed by atoms with Crippen molar-refractivity contribution >= 4 is 0 Å². The maximum absolute atomic E-state index is 5.45. The number of hydrogen-bond donors (Lipinski definition) is 1. The lowest BCUT2D eigenvalue weighted by molar-refractivity contribution is 0.107. The molecule has 1 aromatic rings. The molecule has 0 aromatic carbocycles. The lowest BCUT2D eigenvalue weighted by Gasteiger charge is -2.13. The molecule has 0 amide bonds. The summed E-state index contributed by atoms with van der Waals surface area (Å²) in [6.07, 6.45) is 3.44. The second kappa shape index (κ2) is 5.38. The van der Waals surface area contributed by atoms with Gasteiger partial charge in [-0.3, -0.25) is 9.58 Å². The van der Waals surface area contributed by atoms with E-state index >= 15 is 0 Å². The minimum absolute atomic E-state index is 0.374. The second-order valence-electron chi connectivity index (χ2n) is 4.14. The minimum atomic E-state index is 0.374. The van der Waals surface area contributed by atoms with Crippen molar-refractivity contribution in [2.75, 3.05) is 26.7 Å². The van der Waals surface area contributed by atoms with Gasteiger partial charge in [0.25, 0.3) is 0 Å². The summed E-state index contributed by atoms with van der Waals surface area (Å²) in [5.41, 5.74) is 6.46. The van der Waals surface area contributed by atoms with Gasteiger partial charge in [0.15, 0.2) is 0 Å². The molecule has 1 atom stereocenters. The van der Waals surface area contributed by atoms with Gasteiger partial charge in [0.2, 0.25) is 0 Å². The molecule has 0 radical (unpaired) electrons. The SMILES string of the molecule is COC1CCN(Cc2cn(CCN)nn2)C1. The van der Waals surface area contributed by atoms with Gasteiger partial charge >= 0.3 is 0 Å². The molecule has 16 heavy (non-hydrogen) atoms. The fourth-order valence-corrected chi connectivity index (χ4v) is 2.01. The highest BCUT2D eigenvalue weighted by atomic mass is 16.5. The van der Waals surface area contributed by atoms with Gasteiger partial charge in [-0.05, 0) is 6.42 Å². The van der Waals surface area contributed by atoms with Gasteiger partial charge in [-0.1, -0.05) is 5.21 Å². The number of likely N-dealkylation sites (tertiary alicyclic amines) is 1. The summed E-state index contributed by atoms with van der Waals surface area (Å²) >= 11 is 0. The molecule has 2 heterocycles. The molecular weight excluding hydrogens is 206 g/mol. The predicted octanol–water partition coefficient (Wildman–Crippen LogP) is -0.542. The third-order valence-corrected chi connectivity index (χ3v) is 2.89. The van der Waals surface area contributed by atoms with E-state index < -0.39 is 0 Å². The van der Waals surface area contributed by atoms with E-state index in [0.717, 1.165) is 38.3 Å². The van der Waals surface area contributed by atoms with Gasteiger partial charge in [0.1, 0.15) is 0 Å². The average Bonchev–Trinajstić information content (AvgIpc) is 2.89. The Hall–Kier alpha value is -0.980. The van der Waals surface area contributed by atoms with E-state index in [9.17, 15) is 0 Å². The number of nitrogens with zero attached hydrogens (tertiary/aromatic N) is 4. The lowest BCUT2D eigenvalue weighted by Crippen LogP contribution is -2.22. The van der Waals surface area contributed by atoms with Crippen LogP contribution in [0, 0.1) is 0 Å². The van der Waals surface area contributed by atoms with Gasteiger partial charge in [-0.15, -0.1) is 5.10 Å². The van der Waals surface area contributed by atoms with Gasteiger partial charge in [0, 0.05) is 39.5 Å². The molecule has 1 aliphatic rings. The summed E-state index contributed by atoms with van der Waals surface area (Å²) in [7, 11) is 1.77. The molecule has 1 fully saturated rings. The van der Waals surface area contributed by atoms with Crippen molar-refractivity contribution in [3.8, 4) is 0 Å². The Morgan fingerprint density at radius 1 is 1.62 bits per heavy atom. The maximum Gasteiger partial charge on any atom is 0.0967 e. The van der Waals surface area contributed by atoms with E-state index in [4.69, 9.17) is 10.5 Å². The van der Waals surface area contributed by atoms with Gasteiger partial charge in [-0.2, -0.15) is 0 Å². The number of methoxy groups -OCH3 is 1. The van der Waals surface area contributed by atoms with E-state index in [1.54, 1.807) is 11.8 Å². The van der Waals surface area contributed by atoms with Crippen LogP contribution in [-0.2, 0) is 17.8 Å². The van der Waals surface area contributed by atoms with E-state index in [2.05, 4.69) is 15.2 Å². The van der Waals surface area contributed by atoms with E-state index in [0.29, 0.717) is 12.6 Å². The Morgan fingerprint density at radius 3 is 3.19 bits per heavy atom. The topological polar surface area (TPSA) is 69.2 Å². The number of nitrogens with two attached hydrogens (primary N) is 1. The molecule has 0 aliphatic carbocycles. The highest BCUT2D eigenvalue weighted by Gasteiger charge is 2.22. The van der Waals surface area contributed by atoms with Crippen molar-refractivity contribution in [1.82, 2.24) is 19.9 Å². The first-order valence-electron chi connectivity index (χ1n) is 5.66. The smallest absolute Gasteiger partial charge is 0.0967 e. The fourth-order valence-electron chi connectivity index (χ4n) is 2.01. The van der Waals surface area contributed by atoms with Crippen LogP contribution >= 0.6 is 0 Å². The molecule has 1 unspecified atom stereocenters. The van der Waals surface area contributed by atoms with Crippen molar-refractivity contribution < 1.29 is 4.74 Å². The monoisotopic (exact) mass is 225 g/mol. The summed E-state index contributed by atoms with van der Waals surface area (Å²) in [5, 5.41) is 8.14. The molecule has 1 saturated heterocycles. The summed E-state index contributed by atoms with van der Waals surface area (Å²) in [6, 6.07) is 0. The Kier molecular flexibility index (Phi) is 3.87. The molecule has 0 spiro atoms. The molecule has 0 saturated carbocycles. The van der Waals surface area contributed by atoms with E-state index in [1.807, 2.05) is 6.20 Å². The average molecular weight is 225 g/mol. The minimum Gasteiger partial charge on any atom is -0.380 e. The molecular formula is C10H19N5O. The van der Waals surface area contributed by atoms with E-state index in [1.165, 1.54) is 0 Å².